The van der Waals surface area contributed by atoms with Gasteiger partial charge in [0.2, 0.25) is 11.7 Å². The number of carbonyl (C=O) groups excluding carboxylic acids is 2. The molecule has 8 nitrogen and oxygen atoms in total. The maximum Gasteiger partial charge on any atom is 0.330 e. The summed E-state index contributed by atoms with van der Waals surface area (Å²) in [6.45, 7) is 1.46. The summed E-state index contributed by atoms with van der Waals surface area (Å²) in [5.74, 6) is 0.718. The fourth-order valence-corrected chi connectivity index (χ4v) is 4.04. The van der Waals surface area contributed by atoms with Crippen molar-refractivity contribution in [3.63, 3.8) is 0 Å². The van der Waals surface area contributed by atoms with Gasteiger partial charge < -0.3 is 29.4 Å². The van der Waals surface area contributed by atoms with E-state index in [9.17, 15) is 14.7 Å². The van der Waals surface area contributed by atoms with E-state index in [0.29, 0.717) is 35.7 Å². The summed E-state index contributed by atoms with van der Waals surface area (Å²) in [6, 6.07) is 4.93. The second-order valence-corrected chi connectivity index (χ2v) is 7.33. The summed E-state index contributed by atoms with van der Waals surface area (Å²) in [5.41, 5.74) is 3.62. The Morgan fingerprint density at radius 1 is 1.06 bits per heavy atom. The van der Waals surface area contributed by atoms with Crippen LogP contribution >= 0.6 is 0 Å². The van der Waals surface area contributed by atoms with Gasteiger partial charge in [0.05, 0.1) is 34.5 Å². The maximum absolute atomic E-state index is 11.9. The molecule has 0 aliphatic heterocycles. The number of fused-ring (bicyclic) bond motifs is 3. The Labute approximate surface area is 186 Å². The number of aryl methyl sites for hydroxylation is 1. The largest absolute Gasteiger partial charge is 0.507 e. The molecule has 1 amide bonds. The minimum absolute atomic E-state index is 0.0258. The second kappa shape index (κ2) is 9.64. The first-order valence-corrected chi connectivity index (χ1v) is 10.1. The highest BCUT2D eigenvalue weighted by Crippen LogP contribution is 2.51. The monoisotopic (exact) mass is 441 g/mol. The van der Waals surface area contributed by atoms with Crippen LogP contribution in [0.25, 0.3) is 17.2 Å². The summed E-state index contributed by atoms with van der Waals surface area (Å²) >= 11 is 0. The lowest BCUT2D eigenvalue weighted by Gasteiger charge is -2.22. The number of hydrogen-bond acceptors (Lipinski definition) is 7. The van der Waals surface area contributed by atoms with Gasteiger partial charge in [-0.15, -0.1) is 0 Å². The lowest BCUT2D eigenvalue weighted by molar-refractivity contribution is -0.134. The van der Waals surface area contributed by atoms with Gasteiger partial charge in [0.1, 0.15) is 5.75 Å². The van der Waals surface area contributed by atoms with Crippen molar-refractivity contribution in [2.75, 3.05) is 28.4 Å². The molecule has 2 aromatic rings. The van der Waals surface area contributed by atoms with Gasteiger partial charge in [-0.25, -0.2) is 4.79 Å². The lowest BCUT2D eigenvalue weighted by atomic mass is 9.91. The van der Waals surface area contributed by atoms with Crippen molar-refractivity contribution in [1.29, 1.82) is 0 Å². The maximum atomic E-state index is 11.9. The van der Waals surface area contributed by atoms with Crippen molar-refractivity contribution in [2.24, 2.45) is 0 Å². The van der Waals surface area contributed by atoms with Crippen LogP contribution in [0.5, 0.6) is 23.0 Å². The van der Waals surface area contributed by atoms with Crippen molar-refractivity contribution in [3.8, 4) is 34.1 Å². The summed E-state index contributed by atoms with van der Waals surface area (Å²) in [6.07, 6.45) is 3.94. The third-order valence-corrected chi connectivity index (χ3v) is 5.44. The highest BCUT2D eigenvalue weighted by Gasteiger charge is 2.30. The summed E-state index contributed by atoms with van der Waals surface area (Å²) in [7, 11) is 5.92. The number of aromatic hydroxyl groups is 1. The minimum atomic E-state index is -0.542. The Balaban J connectivity index is 2.34. The SMILES string of the molecule is COC(=O)/C=C/c1cc2c(cc1O)[C@@H](NC(C)=O)CCc1cc(OC)c(OC)c(OC)c1-2. The molecule has 0 saturated carbocycles. The van der Waals surface area contributed by atoms with Gasteiger partial charge in [-0.3, -0.25) is 4.79 Å². The molecular weight excluding hydrogens is 414 g/mol. The van der Waals surface area contributed by atoms with Crippen LogP contribution in [0, 0.1) is 0 Å². The van der Waals surface area contributed by atoms with E-state index in [0.717, 1.165) is 22.3 Å². The van der Waals surface area contributed by atoms with E-state index < -0.39 is 5.97 Å². The van der Waals surface area contributed by atoms with Crippen LogP contribution in [-0.2, 0) is 20.7 Å². The quantitative estimate of drug-likeness (QED) is 0.523. The molecule has 3 rings (SSSR count). The normalized spacial score (nSPS) is 14.7. The van der Waals surface area contributed by atoms with Gasteiger partial charge in [0.25, 0.3) is 0 Å². The first kappa shape index (κ1) is 23.0. The first-order valence-electron chi connectivity index (χ1n) is 10.1. The van der Waals surface area contributed by atoms with Crippen LogP contribution in [0.4, 0.5) is 0 Å². The first-order chi connectivity index (χ1) is 15.3. The van der Waals surface area contributed by atoms with Crippen molar-refractivity contribution in [1.82, 2.24) is 5.32 Å². The van der Waals surface area contributed by atoms with Crippen molar-refractivity contribution < 1.29 is 33.6 Å². The number of amides is 1. The topological polar surface area (TPSA) is 103 Å². The van der Waals surface area contributed by atoms with Crippen LogP contribution in [0.15, 0.2) is 24.3 Å². The van der Waals surface area contributed by atoms with Crippen LogP contribution in [0.3, 0.4) is 0 Å². The van der Waals surface area contributed by atoms with Crippen LogP contribution in [-0.4, -0.2) is 45.4 Å². The number of ether oxygens (including phenoxy) is 4. The molecule has 2 N–H and O–H groups in total. The average molecular weight is 441 g/mol. The Morgan fingerprint density at radius 3 is 2.38 bits per heavy atom. The molecular formula is C24H27NO7. The van der Waals surface area contributed by atoms with Crippen LogP contribution < -0.4 is 19.5 Å². The van der Waals surface area contributed by atoms with Gasteiger partial charge in [-0.1, -0.05) is 0 Å². The minimum Gasteiger partial charge on any atom is -0.507 e. The van der Waals surface area contributed by atoms with Gasteiger partial charge in [-0.2, -0.15) is 0 Å². The Hall–Kier alpha value is -3.68. The number of methoxy groups -OCH3 is 4. The zero-order chi connectivity index (χ0) is 23.4. The second-order valence-electron chi connectivity index (χ2n) is 7.33. The number of carbonyl (C=O) groups is 2. The molecule has 1 aliphatic carbocycles. The van der Waals surface area contributed by atoms with E-state index >= 15 is 0 Å². The van der Waals surface area contributed by atoms with Gasteiger partial charge in [-0.05, 0) is 53.8 Å². The third-order valence-electron chi connectivity index (χ3n) is 5.44. The number of phenols is 1. The number of nitrogens with one attached hydrogen (secondary N) is 1. The van der Waals surface area contributed by atoms with Crippen LogP contribution in [0.2, 0.25) is 0 Å². The molecule has 0 radical (unpaired) electrons. The Bertz CT molecular complexity index is 1070. The molecule has 0 spiro atoms. The molecule has 170 valence electrons. The predicted molar refractivity (Wildman–Crippen MR) is 119 cm³/mol. The van der Waals surface area contributed by atoms with E-state index in [1.165, 1.54) is 33.3 Å². The molecule has 8 heteroatoms. The average Bonchev–Trinajstić information content (AvgIpc) is 2.92. The fourth-order valence-electron chi connectivity index (χ4n) is 4.04. The van der Waals surface area contributed by atoms with Gasteiger partial charge in [0, 0.05) is 24.1 Å². The summed E-state index contributed by atoms with van der Waals surface area (Å²) < 4.78 is 21.5. The van der Waals surface area contributed by atoms with Gasteiger partial charge >= 0.3 is 5.97 Å². The van der Waals surface area contributed by atoms with E-state index in [4.69, 9.17) is 14.2 Å². The standard InChI is InChI=1S/C24H27NO7/c1-13(26)25-18-8-6-15-11-20(29-2)23(31-4)24(32-5)22(15)17-10-14(7-9-21(28)30-3)19(27)12-16(17)18/h7,9-12,18,27H,6,8H2,1-5H3,(H,25,26)/b9-7+/t18-/m0/s1. The molecule has 0 fully saturated rings. The molecule has 1 atom stereocenters. The molecule has 2 aromatic carbocycles. The van der Waals surface area contributed by atoms with E-state index in [1.54, 1.807) is 26.4 Å². The number of phenolic OH excluding ortho intramolecular Hbond substituents is 1. The number of esters is 1. The molecule has 0 aromatic heterocycles. The zero-order valence-corrected chi connectivity index (χ0v) is 18.8. The lowest BCUT2D eigenvalue weighted by Crippen LogP contribution is -2.26. The third kappa shape index (κ3) is 4.34. The van der Waals surface area contributed by atoms with E-state index in [2.05, 4.69) is 10.1 Å². The van der Waals surface area contributed by atoms with E-state index in [1.807, 2.05) is 6.07 Å². The predicted octanol–water partition coefficient (Wildman–Crippen LogP) is 3.39. The Kier molecular flexibility index (Phi) is 6.92. The highest BCUT2D eigenvalue weighted by molar-refractivity contribution is 5.89. The molecule has 32 heavy (non-hydrogen) atoms. The molecule has 0 saturated heterocycles. The van der Waals surface area contributed by atoms with Crippen LogP contribution in [0.1, 0.15) is 36.1 Å². The smallest absolute Gasteiger partial charge is 0.330 e. The van der Waals surface area contributed by atoms with E-state index in [-0.39, 0.29) is 17.7 Å². The van der Waals surface area contributed by atoms with Crippen molar-refractivity contribution in [2.45, 2.75) is 25.8 Å². The summed E-state index contributed by atoms with van der Waals surface area (Å²) in [4.78, 5) is 23.5. The van der Waals surface area contributed by atoms with Crippen molar-refractivity contribution in [3.05, 3.63) is 41.0 Å². The molecule has 0 heterocycles. The molecule has 1 aliphatic rings. The zero-order valence-electron chi connectivity index (χ0n) is 18.8. The fraction of sp³-hybridized carbons (Fsp3) is 0.333. The Morgan fingerprint density at radius 2 is 1.78 bits per heavy atom. The molecule has 0 unspecified atom stereocenters. The highest BCUT2D eigenvalue weighted by atomic mass is 16.5. The number of hydrogen-bond donors (Lipinski definition) is 2. The van der Waals surface area contributed by atoms with Gasteiger partial charge in [0.15, 0.2) is 11.5 Å². The number of benzene rings is 2. The number of rotatable bonds is 6. The molecule has 0 bridgehead atoms. The summed E-state index contributed by atoms with van der Waals surface area (Å²) in [5, 5.41) is 13.6. The van der Waals surface area contributed by atoms with Crippen molar-refractivity contribution >= 4 is 18.0 Å².